The van der Waals surface area contributed by atoms with Gasteiger partial charge < -0.3 is 7.43 Å². The van der Waals surface area contributed by atoms with Crippen molar-refractivity contribution in [2.24, 2.45) is 9.98 Å². The Labute approximate surface area is 56.5 Å². The van der Waals surface area contributed by atoms with Crippen molar-refractivity contribution in [3.05, 3.63) is 7.43 Å². The molecule has 2 nitrogen and oxygen atoms in total. The quantitative estimate of drug-likeness (QED) is 0.354. The predicted octanol–water partition coefficient (Wildman–Crippen LogP) is 0.547. The van der Waals surface area contributed by atoms with Gasteiger partial charge in [0.25, 0.3) is 0 Å². The number of rotatable bonds is 0. The first-order valence-electron chi connectivity index (χ1n) is 1.50. The molecule has 3 heteroatoms. The zero-order chi connectivity index (χ0) is 3.54. The van der Waals surface area contributed by atoms with Gasteiger partial charge in [0.2, 0.25) is 0 Å². The van der Waals surface area contributed by atoms with E-state index in [1.54, 1.807) is 12.6 Å². The van der Waals surface area contributed by atoms with Crippen LogP contribution in [0.1, 0.15) is 0 Å². The summed E-state index contributed by atoms with van der Waals surface area (Å²) >= 11 is 0. The van der Waals surface area contributed by atoms with Gasteiger partial charge in [-0.3, -0.25) is 4.99 Å². The van der Waals surface area contributed by atoms with Gasteiger partial charge in [-0.05, 0) is 0 Å². The van der Waals surface area contributed by atoms with Crippen LogP contribution in [0.3, 0.4) is 0 Å². The van der Waals surface area contributed by atoms with Crippen LogP contribution in [0.4, 0.5) is 0 Å². The van der Waals surface area contributed by atoms with Crippen LogP contribution >= 0.6 is 0 Å². The van der Waals surface area contributed by atoms with Gasteiger partial charge in [-0.1, -0.05) is 0 Å². The molecule has 0 aromatic rings. The van der Waals surface area contributed by atoms with Crippen molar-refractivity contribution in [2.75, 3.05) is 6.54 Å². The number of aliphatic imine (C=N–C) groups is 2. The minimum absolute atomic E-state index is 0. The number of hydrogen-bond donors (Lipinski definition) is 0. The van der Waals surface area contributed by atoms with Crippen LogP contribution < -0.4 is 0 Å². The second-order valence-electron chi connectivity index (χ2n) is 0.812. The van der Waals surface area contributed by atoms with E-state index in [9.17, 15) is 0 Å². The average Bonchev–Trinajstić information content (AvgIpc) is 1.76. The van der Waals surface area contributed by atoms with E-state index in [1.165, 1.54) is 0 Å². The molecule has 0 aliphatic carbocycles. The van der Waals surface area contributed by atoms with Gasteiger partial charge in [-0.15, -0.1) is 0 Å². The average molecular weight is 149 g/mol. The van der Waals surface area contributed by atoms with Gasteiger partial charge in [-0.2, -0.15) is 0 Å². The largest absolute Gasteiger partial charge is 0.358 e. The molecule has 0 atom stereocenters. The molecule has 1 heterocycles. The summed E-state index contributed by atoms with van der Waals surface area (Å²) in [4.78, 5) is 7.40. The fourth-order valence-electron chi connectivity index (χ4n) is 0.236. The summed E-state index contributed by atoms with van der Waals surface area (Å²) in [5.41, 5.74) is 0. The molecule has 0 bridgehead atoms. The zero-order valence-electron chi connectivity index (χ0n) is 4.46. The van der Waals surface area contributed by atoms with Crippen molar-refractivity contribution < 1.29 is 19.5 Å². The van der Waals surface area contributed by atoms with E-state index in [-0.39, 0.29) is 26.9 Å². The monoisotopic (exact) mass is 147 g/mol. The first kappa shape index (κ1) is 10.1. The van der Waals surface area contributed by atoms with Crippen LogP contribution in [0.5, 0.6) is 0 Å². The molecule has 36 valence electrons. The molecule has 0 N–H and O–H groups in total. The Morgan fingerprint density at radius 1 is 1.43 bits per heavy atom. The van der Waals surface area contributed by atoms with Crippen molar-refractivity contribution in [1.29, 1.82) is 0 Å². The fraction of sp³-hybridized carbons (Fsp3) is 0.250. The Balaban J connectivity index is 0. The Bertz CT molecular complexity index is 67.8. The van der Waals surface area contributed by atoms with Crippen LogP contribution in [0.25, 0.3) is 0 Å². The van der Waals surface area contributed by atoms with Crippen molar-refractivity contribution >= 4 is 12.6 Å². The van der Waals surface area contributed by atoms with Gasteiger partial charge in [0, 0.05) is 25.7 Å². The Kier molecular flexibility index (Phi) is 8.56. The van der Waals surface area contributed by atoms with Crippen LogP contribution in [0.2, 0.25) is 0 Å². The summed E-state index contributed by atoms with van der Waals surface area (Å²) in [5, 5.41) is 0. The molecule has 0 saturated carbocycles. The summed E-state index contributed by atoms with van der Waals surface area (Å²) in [6.07, 6.45) is 3.32. The second kappa shape index (κ2) is 5.96. The number of nitrogens with zero attached hydrogens (tertiary/aromatic N) is 2. The molecule has 1 rings (SSSR count). The summed E-state index contributed by atoms with van der Waals surface area (Å²) in [5.74, 6) is 0. The van der Waals surface area contributed by atoms with E-state index in [0.717, 1.165) is 6.54 Å². The SMILES string of the molecule is C1=NC=NC1.[CH3-].[Zn]. The summed E-state index contributed by atoms with van der Waals surface area (Å²) in [7, 11) is 0. The van der Waals surface area contributed by atoms with E-state index in [0.29, 0.717) is 0 Å². The summed E-state index contributed by atoms with van der Waals surface area (Å²) in [6, 6.07) is 0. The molecule has 1 aliphatic rings. The van der Waals surface area contributed by atoms with Crippen molar-refractivity contribution in [3.63, 3.8) is 0 Å². The summed E-state index contributed by atoms with van der Waals surface area (Å²) in [6.45, 7) is 0.778. The molecular formula is C4H7N2Zn-. The van der Waals surface area contributed by atoms with Crippen LogP contribution in [-0.4, -0.2) is 19.1 Å². The normalized spacial score (nSPS) is 12.6. The minimum atomic E-state index is 0. The molecule has 0 unspecified atom stereocenters. The molecule has 0 spiro atoms. The zero-order valence-corrected chi connectivity index (χ0v) is 7.43. The molecule has 0 aromatic carbocycles. The van der Waals surface area contributed by atoms with Crippen LogP contribution in [0.15, 0.2) is 9.98 Å². The van der Waals surface area contributed by atoms with Crippen LogP contribution in [0, 0.1) is 7.43 Å². The molecule has 0 saturated heterocycles. The minimum Gasteiger partial charge on any atom is -0.358 e. The molecule has 7 heavy (non-hydrogen) atoms. The van der Waals surface area contributed by atoms with E-state index >= 15 is 0 Å². The number of hydrogen-bond acceptors (Lipinski definition) is 2. The topological polar surface area (TPSA) is 24.7 Å². The first-order valence-corrected chi connectivity index (χ1v) is 1.50. The standard InChI is InChI=1S/C3H4N2.CH3.Zn/c1-2-5-3-4-1;;/h1,3H,2H2;1H3;/q;-1;. The maximum Gasteiger partial charge on any atom is 0.109 e. The first-order chi connectivity index (χ1) is 2.50. The molecule has 0 radical (unpaired) electrons. The van der Waals surface area contributed by atoms with Crippen LogP contribution in [-0.2, 0) is 19.5 Å². The van der Waals surface area contributed by atoms with Gasteiger partial charge in [0.1, 0.15) is 6.34 Å². The Hall–Kier alpha value is -0.0366. The van der Waals surface area contributed by atoms with Crippen molar-refractivity contribution in [2.45, 2.75) is 0 Å². The predicted molar refractivity (Wildman–Crippen MR) is 28.3 cm³/mol. The third-order valence-corrected chi connectivity index (χ3v) is 0.441. The van der Waals surface area contributed by atoms with Gasteiger partial charge in [-0.25, -0.2) is 4.99 Å². The Morgan fingerprint density at radius 3 is 2.29 bits per heavy atom. The molecule has 0 amide bonds. The maximum atomic E-state index is 3.74. The molecule has 1 aliphatic heterocycles. The van der Waals surface area contributed by atoms with Gasteiger partial charge in [0.15, 0.2) is 0 Å². The fourth-order valence-corrected chi connectivity index (χ4v) is 0.236. The van der Waals surface area contributed by atoms with E-state index < -0.39 is 0 Å². The Morgan fingerprint density at radius 2 is 2.14 bits per heavy atom. The molecular weight excluding hydrogens is 141 g/mol. The van der Waals surface area contributed by atoms with E-state index in [1.807, 2.05) is 0 Å². The summed E-state index contributed by atoms with van der Waals surface area (Å²) < 4.78 is 0. The maximum absolute atomic E-state index is 3.74. The van der Waals surface area contributed by atoms with E-state index in [4.69, 9.17) is 0 Å². The molecule has 0 fully saturated rings. The van der Waals surface area contributed by atoms with E-state index in [2.05, 4.69) is 9.98 Å². The third kappa shape index (κ3) is 3.80. The second-order valence-corrected chi connectivity index (χ2v) is 0.812. The van der Waals surface area contributed by atoms with Crippen molar-refractivity contribution in [3.8, 4) is 0 Å². The smallest absolute Gasteiger partial charge is 0.109 e. The third-order valence-electron chi connectivity index (χ3n) is 0.441. The van der Waals surface area contributed by atoms with Gasteiger partial charge >= 0.3 is 0 Å². The molecule has 0 aromatic heterocycles. The van der Waals surface area contributed by atoms with Gasteiger partial charge in [0.05, 0.1) is 6.54 Å². The van der Waals surface area contributed by atoms with Crippen molar-refractivity contribution in [1.82, 2.24) is 0 Å².